The zero-order chi connectivity index (χ0) is 43.9. The van der Waals surface area contributed by atoms with Gasteiger partial charge < -0.3 is 14.1 Å². The van der Waals surface area contributed by atoms with E-state index in [9.17, 15) is 27.2 Å². The molecule has 0 saturated heterocycles. The van der Waals surface area contributed by atoms with Crippen molar-refractivity contribution in [3.63, 3.8) is 0 Å². The smallest absolute Gasteiger partial charge is 0.332 e. The van der Waals surface area contributed by atoms with Gasteiger partial charge in [0, 0.05) is 57.6 Å². The van der Waals surface area contributed by atoms with Gasteiger partial charge in [-0.1, -0.05) is 106 Å². The van der Waals surface area contributed by atoms with E-state index in [-0.39, 0.29) is 17.1 Å². The number of oxime groups is 1. The maximum atomic E-state index is 14.6. The Kier molecular flexibility index (Phi) is 18.6. The quantitative estimate of drug-likeness (QED) is 0.0147. The second kappa shape index (κ2) is 22.8. The fraction of sp³-hybridized carbons (Fsp3) is 0.408. The van der Waals surface area contributed by atoms with Crippen molar-refractivity contribution < 1.29 is 36.7 Å². The summed E-state index contributed by atoms with van der Waals surface area (Å²) in [4.78, 5) is 31.8. The largest absolute Gasteiger partial charge is 0.370 e. The number of ketones is 1. The molecule has 0 amide bonds. The molecule has 0 fully saturated rings. The minimum absolute atomic E-state index is 0.0610. The molecular weight excluding hydrogens is 757 g/mol. The summed E-state index contributed by atoms with van der Waals surface area (Å²) in [6.07, 6.45) is 9.69. The first kappa shape index (κ1) is 48.1. The van der Waals surface area contributed by atoms with Gasteiger partial charge >= 0.3 is 18.3 Å². The van der Waals surface area contributed by atoms with Crippen LogP contribution >= 0.6 is 0 Å². The van der Waals surface area contributed by atoms with E-state index >= 15 is 0 Å². The minimum Gasteiger partial charge on any atom is -0.370 e. The first-order valence-corrected chi connectivity index (χ1v) is 20.3. The first-order chi connectivity index (χ1) is 28.2. The molecule has 59 heavy (non-hydrogen) atoms. The van der Waals surface area contributed by atoms with Crippen LogP contribution in [0.5, 0.6) is 0 Å². The number of fused-ring (bicyclic) bond motifs is 3. The molecule has 1 aromatic heterocycles. The number of allylic oxidation sites excluding steroid dienone is 4. The molecule has 10 heteroatoms. The standard InChI is InChI=1S/C47H52F4N2O4.C2H6/c1-9-12-15-17-19-36(28-56-29-47(50,51)46(48)49)43(52-57-34(8)54)35-21-22-41-39(26-35)40-27-38(45(55)42-31(5)24-30(4)25-32(42)6)33(7)37(20-14-11-3)44(40)53(41)23-18-16-13-10-2;1-2/h14-15,17,19-22,24-27,46H,10-11,13,16,18,23,28-29H2,1-8H3;1-2H3/b17-15-,20-14-,36-19+,52-43+;. The zero-order valence-corrected chi connectivity index (χ0v) is 36.1. The number of benzene rings is 3. The van der Waals surface area contributed by atoms with Crippen LogP contribution in [-0.2, 0) is 20.9 Å². The van der Waals surface area contributed by atoms with E-state index < -0.39 is 31.5 Å². The highest BCUT2D eigenvalue weighted by molar-refractivity contribution is 6.20. The number of carbonyl (C=O) groups is 2. The van der Waals surface area contributed by atoms with Gasteiger partial charge in [-0.2, -0.15) is 8.78 Å². The molecule has 316 valence electrons. The summed E-state index contributed by atoms with van der Waals surface area (Å²) in [5.74, 6) is 0.282. The molecule has 4 aromatic rings. The molecule has 1 heterocycles. The van der Waals surface area contributed by atoms with Gasteiger partial charge in [-0.3, -0.25) is 4.79 Å². The molecule has 0 N–H and O–H groups in total. The molecule has 3 aromatic carbocycles. The van der Waals surface area contributed by atoms with Gasteiger partial charge in [0.05, 0.1) is 12.1 Å². The van der Waals surface area contributed by atoms with Crippen molar-refractivity contribution in [1.29, 1.82) is 0 Å². The topological polar surface area (TPSA) is 69.9 Å². The summed E-state index contributed by atoms with van der Waals surface area (Å²) in [6.45, 7) is 17.5. The number of rotatable bonds is 18. The Labute approximate surface area is 347 Å². The van der Waals surface area contributed by atoms with Gasteiger partial charge in [0.1, 0.15) is 12.3 Å². The molecule has 0 unspecified atom stereocenters. The predicted octanol–water partition coefficient (Wildman–Crippen LogP) is 13.0. The third-order valence-electron chi connectivity index (χ3n) is 9.69. The molecule has 6 nitrogen and oxygen atoms in total. The van der Waals surface area contributed by atoms with E-state index in [0.29, 0.717) is 23.2 Å². The number of hydrogen-bond donors (Lipinski definition) is 0. The molecule has 0 saturated carbocycles. The van der Waals surface area contributed by atoms with Crippen LogP contribution in [0.3, 0.4) is 0 Å². The van der Waals surface area contributed by atoms with Gasteiger partial charge in [-0.05, 0) is 88.4 Å². The van der Waals surface area contributed by atoms with Crippen LogP contribution in [-0.4, -0.2) is 47.6 Å². The van der Waals surface area contributed by atoms with Crippen LogP contribution in [0, 0.1) is 39.5 Å². The van der Waals surface area contributed by atoms with E-state index in [4.69, 9.17) is 9.57 Å². The Balaban J connectivity index is 0.00000458. The van der Waals surface area contributed by atoms with Crippen LogP contribution in [0.1, 0.15) is 123 Å². The van der Waals surface area contributed by atoms with E-state index in [1.54, 1.807) is 13.0 Å². The van der Waals surface area contributed by atoms with E-state index in [0.717, 1.165) is 81.7 Å². The number of aromatic nitrogens is 1. The fourth-order valence-electron chi connectivity index (χ4n) is 7.07. The highest BCUT2D eigenvalue weighted by Crippen LogP contribution is 2.38. The van der Waals surface area contributed by atoms with Crippen LogP contribution < -0.4 is 0 Å². The van der Waals surface area contributed by atoms with Crippen LogP contribution in [0.25, 0.3) is 27.9 Å². The lowest BCUT2D eigenvalue weighted by Gasteiger charge is -2.17. The van der Waals surface area contributed by atoms with Gasteiger partial charge in [0.25, 0.3) is 0 Å². The highest BCUT2D eigenvalue weighted by Gasteiger charge is 2.41. The van der Waals surface area contributed by atoms with Crippen molar-refractivity contribution in [3.8, 4) is 11.8 Å². The van der Waals surface area contributed by atoms with Gasteiger partial charge in [0.15, 0.2) is 5.78 Å². The number of carbonyl (C=O) groups excluding carboxylic acids is 2. The normalized spacial score (nSPS) is 12.4. The summed E-state index contributed by atoms with van der Waals surface area (Å²) in [7, 11) is 0. The lowest BCUT2D eigenvalue weighted by atomic mass is 9.88. The monoisotopic (exact) mass is 814 g/mol. The van der Waals surface area contributed by atoms with Crippen LogP contribution in [0.2, 0.25) is 0 Å². The van der Waals surface area contributed by atoms with Gasteiger partial charge in [-0.25, -0.2) is 13.6 Å². The lowest BCUT2D eigenvalue weighted by Crippen LogP contribution is -2.33. The second-order valence-electron chi connectivity index (χ2n) is 14.2. The van der Waals surface area contributed by atoms with Crippen molar-refractivity contribution in [2.24, 2.45) is 5.16 Å². The minimum atomic E-state index is -4.38. The van der Waals surface area contributed by atoms with Gasteiger partial charge in [0.2, 0.25) is 0 Å². The summed E-state index contributed by atoms with van der Waals surface area (Å²) >= 11 is 0. The Morgan fingerprint density at radius 1 is 0.966 bits per heavy atom. The molecule has 0 bridgehead atoms. The molecule has 4 rings (SSSR count). The molecule has 0 aliphatic carbocycles. The Bertz CT molecular complexity index is 2280. The highest BCUT2D eigenvalue weighted by atomic mass is 19.3. The summed E-state index contributed by atoms with van der Waals surface area (Å²) in [5, 5.41) is 5.73. The third-order valence-corrected chi connectivity index (χ3v) is 9.69. The number of hydrogen-bond acceptors (Lipinski definition) is 5. The maximum absolute atomic E-state index is 14.6. The summed E-state index contributed by atoms with van der Waals surface area (Å²) < 4.78 is 61.3. The Hall–Kier alpha value is -5.27. The first-order valence-electron chi connectivity index (χ1n) is 20.3. The number of nitrogens with zero attached hydrogens (tertiary/aromatic N) is 2. The SMILES string of the molecule is CC.CC#C\C=C/C=C(COCC(F)(F)C(F)F)/C(=N/OC(C)=O)c1ccc2c(c1)c1cc(C(=O)c3c(C)cc(C)cc3C)c(C)c(/C=C\CC)c1n2CCCCCC. The lowest BCUT2D eigenvalue weighted by molar-refractivity contribution is -0.163. The number of alkyl halides is 4. The third kappa shape index (κ3) is 12.1. The average Bonchev–Trinajstić information content (AvgIpc) is 3.49. The van der Waals surface area contributed by atoms with Crippen molar-refractivity contribution in [2.45, 2.75) is 120 Å². The molecule has 0 spiro atoms. The molecule has 0 atom stereocenters. The van der Waals surface area contributed by atoms with E-state index in [1.807, 2.05) is 71.9 Å². The zero-order valence-electron chi connectivity index (χ0n) is 36.1. The van der Waals surface area contributed by atoms with Crippen molar-refractivity contribution in [2.75, 3.05) is 13.2 Å². The van der Waals surface area contributed by atoms with Crippen molar-refractivity contribution in [3.05, 3.63) is 111 Å². The number of halogens is 4. The average molecular weight is 815 g/mol. The molecule has 0 aliphatic heterocycles. The summed E-state index contributed by atoms with van der Waals surface area (Å²) in [5.41, 5.74) is 8.37. The molecular formula is C49H58F4N2O4. The fourth-order valence-corrected chi connectivity index (χ4v) is 7.07. The maximum Gasteiger partial charge on any atom is 0.332 e. The summed E-state index contributed by atoms with van der Waals surface area (Å²) in [6, 6.07) is 11.5. The number of ether oxygens (including phenoxy) is 1. The van der Waals surface area contributed by atoms with Crippen molar-refractivity contribution >= 4 is 45.3 Å². The number of unbranched alkanes of at least 4 members (excludes halogenated alkanes) is 3. The van der Waals surface area contributed by atoms with Crippen molar-refractivity contribution in [1.82, 2.24) is 4.57 Å². The van der Waals surface area contributed by atoms with E-state index in [2.05, 4.69) is 47.6 Å². The van der Waals surface area contributed by atoms with Crippen LogP contribution in [0.4, 0.5) is 17.6 Å². The Morgan fingerprint density at radius 2 is 1.66 bits per heavy atom. The number of aryl methyl sites for hydroxylation is 4. The Morgan fingerprint density at radius 3 is 2.27 bits per heavy atom. The molecule has 0 aliphatic rings. The molecule has 0 radical (unpaired) electrons. The predicted molar refractivity (Wildman–Crippen MR) is 234 cm³/mol. The van der Waals surface area contributed by atoms with E-state index in [1.165, 1.54) is 25.2 Å². The van der Waals surface area contributed by atoms with Crippen LogP contribution in [0.15, 0.2) is 71.4 Å². The van der Waals surface area contributed by atoms with Gasteiger partial charge in [-0.15, -0.1) is 5.92 Å². The second-order valence-corrected chi connectivity index (χ2v) is 14.2.